The molecule has 0 spiro atoms. The minimum absolute atomic E-state index is 0. The molecule has 0 fully saturated rings. The fourth-order valence-electron chi connectivity index (χ4n) is 3.43. The van der Waals surface area contributed by atoms with Gasteiger partial charge in [-0.25, -0.2) is 4.79 Å². The molecule has 1 aliphatic rings. The average Bonchev–Trinajstić information content (AvgIpc) is 2.57. The van der Waals surface area contributed by atoms with Crippen molar-refractivity contribution in [3.05, 3.63) is 39.2 Å². The maximum Gasteiger partial charge on any atom is 0.339 e. The monoisotopic (exact) mass is 381 g/mol. The summed E-state index contributed by atoms with van der Waals surface area (Å²) in [4.78, 5) is 12.3. The first-order valence-electron chi connectivity index (χ1n) is 9.09. The SMILES string of the molecule is Cc1cc(OCC(C)NCC(C)O)c2c3c(c(=O)oc2c1)CCCC3.Cl. The van der Waals surface area contributed by atoms with Gasteiger partial charge in [-0.15, -0.1) is 12.4 Å². The van der Waals surface area contributed by atoms with E-state index in [1.54, 1.807) is 6.92 Å². The highest BCUT2D eigenvalue weighted by atomic mass is 35.5. The number of benzene rings is 1. The highest BCUT2D eigenvalue weighted by Gasteiger charge is 2.21. The van der Waals surface area contributed by atoms with Crippen LogP contribution in [0.5, 0.6) is 5.75 Å². The Balaban J connectivity index is 0.00000243. The van der Waals surface area contributed by atoms with E-state index in [1.165, 1.54) is 0 Å². The predicted molar refractivity (Wildman–Crippen MR) is 106 cm³/mol. The molecule has 0 bridgehead atoms. The van der Waals surface area contributed by atoms with Crippen molar-refractivity contribution in [3.8, 4) is 5.75 Å². The van der Waals surface area contributed by atoms with E-state index in [4.69, 9.17) is 9.15 Å². The molecule has 1 heterocycles. The molecule has 6 heteroatoms. The highest BCUT2D eigenvalue weighted by molar-refractivity contribution is 5.88. The molecule has 2 unspecified atom stereocenters. The molecule has 0 aliphatic heterocycles. The molecule has 2 N–H and O–H groups in total. The van der Waals surface area contributed by atoms with Crippen LogP contribution in [-0.4, -0.2) is 30.4 Å². The van der Waals surface area contributed by atoms with E-state index in [1.807, 2.05) is 26.0 Å². The predicted octanol–water partition coefficient (Wildman–Crippen LogP) is 3.14. The third kappa shape index (κ3) is 4.58. The third-order valence-corrected chi connectivity index (χ3v) is 4.68. The first kappa shape index (κ1) is 20.7. The second kappa shape index (κ2) is 8.89. The topological polar surface area (TPSA) is 71.7 Å². The van der Waals surface area contributed by atoms with Gasteiger partial charge in [-0.2, -0.15) is 0 Å². The van der Waals surface area contributed by atoms with Crippen LogP contribution in [0.4, 0.5) is 0 Å². The summed E-state index contributed by atoms with van der Waals surface area (Å²) in [6.45, 7) is 6.77. The first-order valence-corrected chi connectivity index (χ1v) is 9.09. The third-order valence-electron chi connectivity index (χ3n) is 4.68. The molecule has 144 valence electrons. The summed E-state index contributed by atoms with van der Waals surface area (Å²) in [5.41, 5.74) is 3.33. The van der Waals surface area contributed by atoms with Crippen molar-refractivity contribution < 1.29 is 14.3 Å². The molecule has 1 aromatic heterocycles. The molecule has 2 atom stereocenters. The number of rotatable bonds is 6. The Hall–Kier alpha value is -1.56. The zero-order chi connectivity index (χ0) is 18.0. The van der Waals surface area contributed by atoms with Crippen LogP contribution in [0.25, 0.3) is 11.0 Å². The number of ether oxygens (including phenoxy) is 1. The molecule has 5 nitrogen and oxygen atoms in total. The Kier molecular flexibility index (Phi) is 7.09. The van der Waals surface area contributed by atoms with Gasteiger partial charge in [0.1, 0.15) is 17.9 Å². The van der Waals surface area contributed by atoms with E-state index in [0.29, 0.717) is 18.7 Å². The van der Waals surface area contributed by atoms with Crippen LogP contribution in [0.15, 0.2) is 21.3 Å². The molecule has 1 aliphatic carbocycles. The quantitative estimate of drug-likeness (QED) is 0.752. The minimum atomic E-state index is -0.386. The van der Waals surface area contributed by atoms with E-state index in [2.05, 4.69) is 5.32 Å². The van der Waals surface area contributed by atoms with E-state index in [0.717, 1.165) is 53.5 Å². The Labute approximate surface area is 160 Å². The van der Waals surface area contributed by atoms with Crippen molar-refractivity contribution in [1.29, 1.82) is 0 Å². The van der Waals surface area contributed by atoms with Gasteiger partial charge in [0, 0.05) is 18.2 Å². The summed E-state index contributed by atoms with van der Waals surface area (Å²) in [7, 11) is 0. The number of halogens is 1. The van der Waals surface area contributed by atoms with Crippen molar-refractivity contribution in [1.82, 2.24) is 5.32 Å². The van der Waals surface area contributed by atoms with Crippen molar-refractivity contribution >= 4 is 23.4 Å². The van der Waals surface area contributed by atoms with Gasteiger partial charge < -0.3 is 19.6 Å². The normalized spacial score (nSPS) is 15.8. The lowest BCUT2D eigenvalue weighted by Gasteiger charge is -2.20. The maximum absolute atomic E-state index is 12.3. The van der Waals surface area contributed by atoms with Gasteiger partial charge in [0.05, 0.1) is 11.5 Å². The van der Waals surface area contributed by atoms with E-state index >= 15 is 0 Å². The molecular weight excluding hydrogens is 354 g/mol. The van der Waals surface area contributed by atoms with Crippen LogP contribution in [0.3, 0.4) is 0 Å². The lowest BCUT2D eigenvalue weighted by atomic mass is 9.90. The summed E-state index contributed by atoms with van der Waals surface area (Å²) in [5.74, 6) is 0.780. The van der Waals surface area contributed by atoms with E-state index in [9.17, 15) is 9.90 Å². The minimum Gasteiger partial charge on any atom is -0.491 e. The van der Waals surface area contributed by atoms with Gasteiger partial charge in [-0.1, -0.05) is 0 Å². The van der Waals surface area contributed by atoms with Gasteiger partial charge >= 0.3 is 5.63 Å². The highest BCUT2D eigenvalue weighted by Crippen LogP contribution is 2.34. The van der Waals surface area contributed by atoms with Crippen LogP contribution in [0.1, 0.15) is 43.4 Å². The Bertz CT molecular complexity index is 816. The first-order chi connectivity index (χ1) is 12.0. The fraction of sp³-hybridized carbons (Fsp3) is 0.550. The number of hydrogen-bond donors (Lipinski definition) is 2. The van der Waals surface area contributed by atoms with Gasteiger partial charge in [0.25, 0.3) is 0 Å². The fourth-order valence-corrected chi connectivity index (χ4v) is 3.43. The maximum atomic E-state index is 12.3. The number of fused-ring (bicyclic) bond motifs is 3. The molecule has 2 aromatic rings. The zero-order valence-corrected chi connectivity index (χ0v) is 16.4. The van der Waals surface area contributed by atoms with Crippen LogP contribution in [0.2, 0.25) is 0 Å². The van der Waals surface area contributed by atoms with Gasteiger partial charge in [-0.3, -0.25) is 0 Å². The van der Waals surface area contributed by atoms with Crippen molar-refractivity contribution in [2.45, 2.75) is 58.6 Å². The van der Waals surface area contributed by atoms with Crippen LogP contribution in [-0.2, 0) is 12.8 Å². The smallest absolute Gasteiger partial charge is 0.339 e. The van der Waals surface area contributed by atoms with Gasteiger partial charge in [-0.05, 0) is 69.7 Å². The second-order valence-electron chi connectivity index (χ2n) is 7.16. The zero-order valence-electron chi connectivity index (χ0n) is 15.6. The number of aryl methyl sites for hydroxylation is 2. The van der Waals surface area contributed by atoms with Crippen molar-refractivity contribution in [2.75, 3.05) is 13.2 Å². The Morgan fingerprint density at radius 2 is 1.92 bits per heavy atom. The average molecular weight is 382 g/mol. The summed E-state index contributed by atoms with van der Waals surface area (Å²) < 4.78 is 11.7. The van der Waals surface area contributed by atoms with E-state index in [-0.39, 0.29) is 30.2 Å². The van der Waals surface area contributed by atoms with Crippen LogP contribution >= 0.6 is 12.4 Å². The van der Waals surface area contributed by atoms with Crippen LogP contribution < -0.4 is 15.7 Å². The lowest BCUT2D eigenvalue weighted by Crippen LogP contribution is -2.36. The number of nitrogens with one attached hydrogen (secondary N) is 1. The van der Waals surface area contributed by atoms with Crippen LogP contribution in [0, 0.1) is 6.92 Å². The summed E-state index contributed by atoms with van der Waals surface area (Å²) in [6.07, 6.45) is 3.42. The van der Waals surface area contributed by atoms with E-state index < -0.39 is 0 Å². The lowest BCUT2D eigenvalue weighted by molar-refractivity contribution is 0.179. The number of hydrogen-bond acceptors (Lipinski definition) is 5. The number of aliphatic hydroxyl groups excluding tert-OH is 1. The molecule has 0 saturated heterocycles. The molecule has 26 heavy (non-hydrogen) atoms. The standard InChI is InChI=1S/C20H27NO4.ClH/c1-12-8-17(24-11-13(2)21-10-14(3)22)19-15-6-4-5-7-16(15)20(23)25-18(19)9-12;/h8-9,13-14,21-22H,4-7,10-11H2,1-3H3;1H. The molecule has 0 saturated carbocycles. The molecule has 1 aromatic carbocycles. The van der Waals surface area contributed by atoms with Gasteiger partial charge in [0.2, 0.25) is 0 Å². The molecular formula is C20H28ClNO4. The Morgan fingerprint density at radius 3 is 2.62 bits per heavy atom. The molecule has 0 amide bonds. The Morgan fingerprint density at radius 1 is 1.23 bits per heavy atom. The molecule has 3 rings (SSSR count). The van der Waals surface area contributed by atoms with Crippen molar-refractivity contribution in [3.63, 3.8) is 0 Å². The summed E-state index contributed by atoms with van der Waals surface area (Å²) >= 11 is 0. The molecule has 0 radical (unpaired) electrons. The largest absolute Gasteiger partial charge is 0.491 e. The number of aliphatic hydroxyl groups is 1. The van der Waals surface area contributed by atoms with Gasteiger partial charge in [0.15, 0.2) is 0 Å². The second-order valence-corrected chi connectivity index (χ2v) is 7.16. The summed E-state index contributed by atoms with van der Waals surface area (Å²) in [6, 6.07) is 4.03. The summed E-state index contributed by atoms with van der Waals surface area (Å²) in [5, 5.41) is 13.6. The van der Waals surface area contributed by atoms with Crippen molar-refractivity contribution in [2.24, 2.45) is 0 Å².